The van der Waals surface area contributed by atoms with E-state index in [0.29, 0.717) is 0 Å². The van der Waals surface area contributed by atoms with Crippen molar-refractivity contribution in [3.8, 4) is 5.75 Å². The normalized spacial score (nSPS) is 13.0. The van der Waals surface area contributed by atoms with Crippen LogP contribution in [0.4, 0.5) is 0 Å². The predicted molar refractivity (Wildman–Crippen MR) is 89.0 cm³/mol. The molecule has 0 radical (unpaired) electrons. The van der Waals surface area contributed by atoms with Crippen LogP contribution < -0.4 is 10.1 Å². The molecule has 22 heavy (non-hydrogen) atoms. The molecular formula is C18H29NO3. The lowest BCUT2D eigenvalue weighted by Gasteiger charge is -2.25. The second-order valence-corrected chi connectivity index (χ2v) is 7.20. The van der Waals surface area contributed by atoms with Gasteiger partial charge in [0.2, 0.25) is 5.91 Å². The van der Waals surface area contributed by atoms with Crippen molar-refractivity contribution in [3.63, 3.8) is 0 Å². The minimum Gasteiger partial charge on any atom is -0.491 e. The molecule has 4 nitrogen and oxygen atoms in total. The minimum atomic E-state index is -0.206. The predicted octanol–water partition coefficient (Wildman–Crippen LogP) is 2.93. The largest absolute Gasteiger partial charge is 0.491 e. The Morgan fingerprint density at radius 1 is 1.32 bits per heavy atom. The number of carbonyl (C=O) groups is 1. The van der Waals surface area contributed by atoms with E-state index in [-0.39, 0.29) is 36.5 Å². The summed E-state index contributed by atoms with van der Waals surface area (Å²) in [5.41, 5.74) is 0.967. The summed E-state index contributed by atoms with van der Waals surface area (Å²) in [5.74, 6) is 0.693. The smallest absolute Gasteiger partial charge is 0.224 e. The zero-order valence-corrected chi connectivity index (χ0v) is 14.3. The van der Waals surface area contributed by atoms with Gasteiger partial charge in [-0.25, -0.2) is 0 Å². The summed E-state index contributed by atoms with van der Waals surface area (Å²) in [4.78, 5) is 12.1. The molecule has 1 unspecified atom stereocenters. The minimum absolute atomic E-state index is 0.0422. The van der Waals surface area contributed by atoms with Gasteiger partial charge in [-0.05, 0) is 43.4 Å². The van der Waals surface area contributed by atoms with Crippen LogP contribution >= 0.6 is 0 Å². The molecule has 1 amide bonds. The molecule has 0 heterocycles. The molecule has 1 aromatic carbocycles. The number of aliphatic hydroxyl groups is 1. The van der Waals surface area contributed by atoms with Crippen molar-refractivity contribution in [2.24, 2.45) is 5.41 Å². The molecule has 1 rings (SSSR count). The topological polar surface area (TPSA) is 58.6 Å². The van der Waals surface area contributed by atoms with Gasteiger partial charge in [-0.15, -0.1) is 0 Å². The van der Waals surface area contributed by atoms with Gasteiger partial charge < -0.3 is 15.2 Å². The molecule has 124 valence electrons. The Balaban J connectivity index is 2.60. The number of rotatable bonds is 7. The number of aliphatic hydroxyl groups excluding tert-OH is 1. The maximum atomic E-state index is 12.1. The number of amides is 1. The van der Waals surface area contributed by atoms with E-state index in [1.807, 2.05) is 38.1 Å². The van der Waals surface area contributed by atoms with Crippen molar-refractivity contribution in [1.29, 1.82) is 0 Å². The summed E-state index contributed by atoms with van der Waals surface area (Å²) < 4.78 is 5.63. The van der Waals surface area contributed by atoms with E-state index in [1.165, 1.54) is 0 Å². The summed E-state index contributed by atoms with van der Waals surface area (Å²) in [6.45, 7) is 10.2. The molecule has 4 heteroatoms. The maximum absolute atomic E-state index is 12.1. The van der Waals surface area contributed by atoms with Crippen LogP contribution in [0.1, 0.15) is 46.6 Å². The van der Waals surface area contributed by atoms with Gasteiger partial charge in [0.05, 0.1) is 25.2 Å². The Morgan fingerprint density at radius 3 is 2.55 bits per heavy atom. The molecule has 0 saturated carbocycles. The van der Waals surface area contributed by atoms with Crippen LogP contribution in [-0.4, -0.2) is 29.8 Å². The average Bonchev–Trinajstić information content (AvgIpc) is 2.35. The highest BCUT2D eigenvalue weighted by atomic mass is 16.5. The van der Waals surface area contributed by atoms with Gasteiger partial charge in [0, 0.05) is 0 Å². The van der Waals surface area contributed by atoms with Crippen molar-refractivity contribution in [2.75, 3.05) is 6.61 Å². The SMILES string of the molecule is CC(C)Oc1cccc(CC(=O)NC(CO)CC(C)(C)C)c1. The van der Waals surface area contributed by atoms with E-state index >= 15 is 0 Å². The van der Waals surface area contributed by atoms with Crippen LogP contribution in [0, 0.1) is 5.41 Å². The maximum Gasteiger partial charge on any atom is 0.224 e. The summed E-state index contributed by atoms with van der Waals surface area (Å²) >= 11 is 0. The molecular weight excluding hydrogens is 278 g/mol. The van der Waals surface area contributed by atoms with Gasteiger partial charge in [0.15, 0.2) is 0 Å². The van der Waals surface area contributed by atoms with Crippen LogP contribution in [-0.2, 0) is 11.2 Å². The fourth-order valence-corrected chi connectivity index (χ4v) is 2.37. The van der Waals surface area contributed by atoms with Crippen LogP contribution in [0.25, 0.3) is 0 Å². The van der Waals surface area contributed by atoms with Crippen molar-refractivity contribution in [2.45, 2.75) is 59.6 Å². The Labute approximate surface area is 133 Å². The molecule has 0 aromatic heterocycles. The lowest BCUT2D eigenvalue weighted by molar-refractivity contribution is -0.121. The van der Waals surface area contributed by atoms with E-state index in [9.17, 15) is 9.90 Å². The standard InChI is InChI=1S/C18H29NO3/c1-13(2)22-16-8-6-7-14(9-16)10-17(21)19-15(12-20)11-18(3,4)5/h6-9,13,15,20H,10-12H2,1-5H3,(H,19,21). The lowest BCUT2D eigenvalue weighted by atomic mass is 9.88. The van der Waals surface area contributed by atoms with Crippen molar-refractivity contribution in [3.05, 3.63) is 29.8 Å². The highest BCUT2D eigenvalue weighted by Crippen LogP contribution is 2.21. The zero-order valence-electron chi connectivity index (χ0n) is 14.3. The van der Waals surface area contributed by atoms with E-state index < -0.39 is 0 Å². The Morgan fingerprint density at radius 2 is 2.00 bits per heavy atom. The van der Waals surface area contributed by atoms with Gasteiger partial charge in [-0.2, -0.15) is 0 Å². The number of ether oxygens (including phenoxy) is 1. The van der Waals surface area contributed by atoms with Crippen LogP contribution in [0.5, 0.6) is 5.75 Å². The zero-order chi connectivity index (χ0) is 16.8. The third-order valence-electron chi connectivity index (χ3n) is 3.08. The second-order valence-electron chi connectivity index (χ2n) is 7.20. The van der Waals surface area contributed by atoms with E-state index in [1.54, 1.807) is 0 Å². The first kappa shape index (κ1) is 18.5. The number of benzene rings is 1. The highest BCUT2D eigenvalue weighted by molar-refractivity contribution is 5.79. The van der Waals surface area contributed by atoms with Crippen LogP contribution in [0.2, 0.25) is 0 Å². The van der Waals surface area contributed by atoms with Crippen LogP contribution in [0.3, 0.4) is 0 Å². The number of hydrogen-bond acceptors (Lipinski definition) is 3. The van der Waals surface area contributed by atoms with Crippen molar-refractivity contribution < 1.29 is 14.6 Å². The Kier molecular flexibility index (Phi) is 6.88. The molecule has 0 spiro atoms. The van der Waals surface area contributed by atoms with E-state index in [4.69, 9.17) is 4.74 Å². The quantitative estimate of drug-likeness (QED) is 0.814. The fraction of sp³-hybridized carbons (Fsp3) is 0.611. The second kappa shape index (κ2) is 8.18. The molecule has 0 fully saturated rings. The van der Waals surface area contributed by atoms with Gasteiger partial charge >= 0.3 is 0 Å². The van der Waals surface area contributed by atoms with Gasteiger partial charge in [0.1, 0.15) is 5.75 Å². The Hall–Kier alpha value is -1.55. The molecule has 0 aliphatic rings. The third-order valence-corrected chi connectivity index (χ3v) is 3.08. The lowest BCUT2D eigenvalue weighted by Crippen LogP contribution is -2.40. The van der Waals surface area contributed by atoms with E-state index in [0.717, 1.165) is 17.7 Å². The van der Waals surface area contributed by atoms with Crippen molar-refractivity contribution in [1.82, 2.24) is 5.32 Å². The molecule has 0 saturated heterocycles. The molecule has 0 aliphatic heterocycles. The summed E-state index contributed by atoms with van der Waals surface area (Å²) in [6.07, 6.45) is 1.14. The molecule has 1 atom stereocenters. The molecule has 0 aliphatic carbocycles. The molecule has 2 N–H and O–H groups in total. The fourth-order valence-electron chi connectivity index (χ4n) is 2.37. The first-order chi connectivity index (χ1) is 10.2. The van der Waals surface area contributed by atoms with Gasteiger partial charge in [0.25, 0.3) is 0 Å². The molecule has 0 bridgehead atoms. The third kappa shape index (κ3) is 7.46. The average molecular weight is 307 g/mol. The monoisotopic (exact) mass is 307 g/mol. The first-order valence-corrected chi connectivity index (χ1v) is 7.85. The number of carbonyl (C=O) groups excluding carboxylic acids is 1. The first-order valence-electron chi connectivity index (χ1n) is 7.85. The van der Waals surface area contributed by atoms with E-state index in [2.05, 4.69) is 26.1 Å². The van der Waals surface area contributed by atoms with Gasteiger partial charge in [-0.1, -0.05) is 32.9 Å². The highest BCUT2D eigenvalue weighted by Gasteiger charge is 2.19. The Bertz CT molecular complexity index is 477. The molecule has 1 aromatic rings. The summed E-state index contributed by atoms with van der Waals surface area (Å²) in [7, 11) is 0. The number of hydrogen-bond donors (Lipinski definition) is 2. The van der Waals surface area contributed by atoms with Crippen LogP contribution in [0.15, 0.2) is 24.3 Å². The summed E-state index contributed by atoms with van der Waals surface area (Å²) in [5, 5.41) is 12.3. The number of nitrogens with one attached hydrogen (secondary N) is 1. The van der Waals surface area contributed by atoms with Crippen molar-refractivity contribution >= 4 is 5.91 Å². The van der Waals surface area contributed by atoms with Gasteiger partial charge in [-0.3, -0.25) is 4.79 Å². The summed E-state index contributed by atoms with van der Waals surface area (Å²) in [6, 6.07) is 7.36.